The first-order valence-corrected chi connectivity index (χ1v) is 6.22. The van der Waals surface area contributed by atoms with E-state index < -0.39 is 22.5 Å². The number of hydrogen-bond donors (Lipinski definition) is 2. The molecule has 1 aliphatic rings. The van der Waals surface area contributed by atoms with Gasteiger partial charge in [-0.3, -0.25) is 10.1 Å². The molecule has 0 unspecified atom stereocenters. The lowest BCUT2D eigenvalue weighted by molar-refractivity contribution is -0.387. The SMILES string of the molecule is NC(=O)N1CCC(Nc2ccc([N+](=O)[O-])c(F)c2)CC1. The van der Waals surface area contributed by atoms with Gasteiger partial charge in [-0.1, -0.05) is 0 Å². The molecule has 0 aromatic heterocycles. The Labute approximate surface area is 114 Å². The Bertz CT molecular complexity index is 529. The zero-order valence-electron chi connectivity index (χ0n) is 10.7. The van der Waals surface area contributed by atoms with Gasteiger partial charge in [-0.05, 0) is 18.9 Å². The number of amides is 2. The first-order chi connectivity index (χ1) is 9.47. The van der Waals surface area contributed by atoms with Crippen LogP contribution in [0, 0.1) is 15.9 Å². The number of urea groups is 1. The molecule has 2 rings (SSSR count). The van der Waals surface area contributed by atoms with E-state index in [9.17, 15) is 19.3 Å². The molecule has 1 heterocycles. The predicted octanol–water partition coefficient (Wildman–Crippen LogP) is 1.69. The molecule has 1 fully saturated rings. The highest BCUT2D eigenvalue weighted by atomic mass is 19.1. The molecule has 0 radical (unpaired) electrons. The molecule has 2 amide bonds. The van der Waals surface area contributed by atoms with Gasteiger partial charge in [-0.2, -0.15) is 4.39 Å². The van der Waals surface area contributed by atoms with Gasteiger partial charge >= 0.3 is 11.7 Å². The highest BCUT2D eigenvalue weighted by Gasteiger charge is 2.21. The Morgan fingerprint density at radius 3 is 2.60 bits per heavy atom. The fourth-order valence-electron chi connectivity index (χ4n) is 2.22. The minimum absolute atomic E-state index is 0.0893. The quantitative estimate of drug-likeness (QED) is 0.650. The average Bonchev–Trinajstić information content (AvgIpc) is 2.39. The molecule has 1 aliphatic heterocycles. The molecule has 0 atom stereocenters. The van der Waals surface area contributed by atoms with Gasteiger partial charge in [0.2, 0.25) is 5.82 Å². The van der Waals surface area contributed by atoms with Gasteiger partial charge in [0.25, 0.3) is 0 Å². The first-order valence-electron chi connectivity index (χ1n) is 6.22. The summed E-state index contributed by atoms with van der Waals surface area (Å²) in [4.78, 5) is 22.3. The smallest absolute Gasteiger partial charge is 0.314 e. The lowest BCUT2D eigenvalue weighted by atomic mass is 10.0. The van der Waals surface area contributed by atoms with E-state index in [1.54, 1.807) is 4.90 Å². The number of primary amides is 1. The third-order valence-corrected chi connectivity index (χ3v) is 3.32. The number of nitrogens with one attached hydrogen (secondary N) is 1. The Morgan fingerprint density at radius 2 is 2.10 bits per heavy atom. The summed E-state index contributed by atoms with van der Waals surface area (Å²) in [7, 11) is 0. The second-order valence-corrected chi connectivity index (χ2v) is 4.67. The molecule has 0 aliphatic carbocycles. The number of nitrogens with two attached hydrogens (primary N) is 1. The Morgan fingerprint density at radius 1 is 1.45 bits per heavy atom. The van der Waals surface area contributed by atoms with Crippen LogP contribution in [0.25, 0.3) is 0 Å². The van der Waals surface area contributed by atoms with Gasteiger partial charge in [0.15, 0.2) is 0 Å². The average molecular weight is 282 g/mol. The molecule has 0 spiro atoms. The van der Waals surface area contributed by atoms with Crippen LogP contribution in [0.15, 0.2) is 18.2 Å². The van der Waals surface area contributed by atoms with Crippen molar-refractivity contribution < 1.29 is 14.1 Å². The number of anilines is 1. The van der Waals surface area contributed by atoms with E-state index in [1.165, 1.54) is 6.07 Å². The van der Waals surface area contributed by atoms with Gasteiger partial charge in [0, 0.05) is 37.0 Å². The van der Waals surface area contributed by atoms with Crippen LogP contribution in [0.5, 0.6) is 0 Å². The Hall–Kier alpha value is -2.38. The van der Waals surface area contributed by atoms with Crippen LogP contribution in [-0.4, -0.2) is 35.0 Å². The molecular formula is C12H15FN4O3. The van der Waals surface area contributed by atoms with E-state index in [0.29, 0.717) is 31.6 Å². The molecule has 0 saturated carbocycles. The second-order valence-electron chi connectivity index (χ2n) is 4.67. The summed E-state index contributed by atoms with van der Waals surface area (Å²) in [5.41, 5.74) is 5.13. The summed E-state index contributed by atoms with van der Waals surface area (Å²) in [6, 6.07) is 3.37. The van der Waals surface area contributed by atoms with Crippen molar-refractivity contribution in [2.24, 2.45) is 5.73 Å². The number of hydrogen-bond acceptors (Lipinski definition) is 4. The van der Waals surface area contributed by atoms with Crippen molar-refractivity contribution in [1.29, 1.82) is 0 Å². The molecule has 20 heavy (non-hydrogen) atoms. The zero-order chi connectivity index (χ0) is 14.7. The number of halogens is 1. The van der Waals surface area contributed by atoms with Crippen molar-refractivity contribution in [2.45, 2.75) is 18.9 Å². The summed E-state index contributed by atoms with van der Waals surface area (Å²) in [6.07, 6.45) is 1.39. The normalized spacial score (nSPS) is 15.9. The number of likely N-dealkylation sites (tertiary alicyclic amines) is 1. The van der Waals surface area contributed by atoms with Gasteiger partial charge in [-0.25, -0.2) is 4.79 Å². The lowest BCUT2D eigenvalue weighted by Gasteiger charge is -2.31. The minimum Gasteiger partial charge on any atom is -0.382 e. The largest absolute Gasteiger partial charge is 0.382 e. The molecular weight excluding hydrogens is 267 g/mol. The maximum absolute atomic E-state index is 13.5. The van der Waals surface area contributed by atoms with E-state index in [0.717, 1.165) is 12.1 Å². The molecule has 7 nitrogen and oxygen atoms in total. The van der Waals surface area contributed by atoms with Gasteiger partial charge in [0.1, 0.15) is 0 Å². The summed E-state index contributed by atoms with van der Waals surface area (Å²) >= 11 is 0. The third kappa shape index (κ3) is 3.14. The van der Waals surface area contributed by atoms with E-state index in [4.69, 9.17) is 5.73 Å². The van der Waals surface area contributed by atoms with Crippen LogP contribution in [-0.2, 0) is 0 Å². The number of nitro benzene ring substituents is 1. The van der Waals surface area contributed by atoms with Crippen LogP contribution in [0.2, 0.25) is 0 Å². The number of nitro groups is 1. The Kier molecular flexibility index (Phi) is 4.02. The monoisotopic (exact) mass is 282 g/mol. The van der Waals surface area contributed by atoms with Crippen LogP contribution in [0.1, 0.15) is 12.8 Å². The standard InChI is InChI=1S/C12H15FN4O3/c13-10-7-9(1-2-11(10)17(19)20)15-8-3-5-16(6-4-8)12(14)18/h1-2,7-8,15H,3-6H2,(H2,14,18). The fraction of sp³-hybridized carbons (Fsp3) is 0.417. The van der Waals surface area contributed by atoms with Crippen molar-refractivity contribution >= 4 is 17.4 Å². The van der Waals surface area contributed by atoms with Crippen LogP contribution < -0.4 is 11.1 Å². The van der Waals surface area contributed by atoms with Crippen molar-refractivity contribution in [1.82, 2.24) is 4.90 Å². The molecule has 1 aromatic carbocycles. The summed E-state index contributed by atoms with van der Waals surface area (Å²) in [5.74, 6) is -0.866. The van der Waals surface area contributed by atoms with Crippen LogP contribution in [0.3, 0.4) is 0 Å². The maximum Gasteiger partial charge on any atom is 0.314 e. The fourth-order valence-corrected chi connectivity index (χ4v) is 2.22. The Balaban J connectivity index is 1.96. The van der Waals surface area contributed by atoms with E-state index in [2.05, 4.69) is 5.32 Å². The topological polar surface area (TPSA) is 102 Å². The molecule has 108 valence electrons. The lowest BCUT2D eigenvalue weighted by Crippen LogP contribution is -2.44. The number of carbonyl (C=O) groups is 1. The predicted molar refractivity (Wildman–Crippen MR) is 70.9 cm³/mol. The molecule has 0 bridgehead atoms. The van der Waals surface area contributed by atoms with Crippen molar-refractivity contribution in [3.05, 3.63) is 34.1 Å². The van der Waals surface area contributed by atoms with Gasteiger partial charge in [-0.15, -0.1) is 0 Å². The number of carbonyl (C=O) groups excluding carboxylic acids is 1. The molecule has 3 N–H and O–H groups in total. The zero-order valence-corrected chi connectivity index (χ0v) is 10.7. The van der Waals surface area contributed by atoms with E-state index in [-0.39, 0.29) is 6.04 Å². The summed E-state index contributed by atoms with van der Waals surface area (Å²) in [6.45, 7) is 1.09. The highest BCUT2D eigenvalue weighted by Crippen LogP contribution is 2.23. The number of rotatable bonds is 3. The maximum atomic E-state index is 13.5. The highest BCUT2D eigenvalue weighted by molar-refractivity contribution is 5.72. The minimum atomic E-state index is -0.866. The summed E-state index contributed by atoms with van der Waals surface area (Å²) < 4.78 is 13.5. The molecule has 1 aromatic rings. The molecule has 8 heteroatoms. The third-order valence-electron chi connectivity index (χ3n) is 3.32. The van der Waals surface area contributed by atoms with E-state index in [1.807, 2.05) is 0 Å². The first kappa shape index (κ1) is 14.0. The van der Waals surface area contributed by atoms with Crippen LogP contribution in [0.4, 0.5) is 20.6 Å². The number of benzene rings is 1. The van der Waals surface area contributed by atoms with Crippen LogP contribution >= 0.6 is 0 Å². The van der Waals surface area contributed by atoms with Crippen molar-refractivity contribution in [2.75, 3.05) is 18.4 Å². The number of piperidine rings is 1. The van der Waals surface area contributed by atoms with Gasteiger partial charge < -0.3 is 16.0 Å². The number of nitrogens with zero attached hydrogens (tertiary/aromatic N) is 2. The van der Waals surface area contributed by atoms with Gasteiger partial charge in [0.05, 0.1) is 4.92 Å². The van der Waals surface area contributed by atoms with Crippen molar-refractivity contribution in [3.8, 4) is 0 Å². The van der Waals surface area contributed by atoms with Crippen molar-refractivity contribution in [3.63, 3.8) is 0 Å². The van der Waals surface area contributed by atoms with E-state index >= 15 is 0 Å². The second kappa shape index (κ2) is 5.72. The molecule has 1 saturated heterocycles. The summed E-state index contributed by atoms with van der Waals surface area (Å²) in [5, 5.41) is 13.6.